The second kappa shape index (κ2) is 5.32. The minimum atomic E-state index is 0.0100. The Morgan fingerprint density at radius 3 is 3.05 bits per heavy atom. The van der Waals surface area contributed by atoms with E-state index in [0.717, 1.165) is 49.4 Å². The number of aromatic nitrogens is 3. The third-order valence-corrected chi connectivity index (χ3v) is 4.13. The van der Waals surface area contributed by atoms with Gasteiger partial charge in [-0.15, -0.1) is 0 Å². The molecule has 3 rings (SSSR count). The summed E-state index contributed by atoms with van der Waals surface area (Å²) in [6.45, 7) is 6.17. The van der Waals surface area contributed by atoms with Crippen LogP contribution in [0.25, 0.3) is 11.4 Å². The molecule has 1 aliphatic heterocycles. The number of rotatable bonds is 4. The predicted octanol–water partition coefficient (Wildman–Crippen LogP) is 2.47. The Morgan fingerprint density at radius 2 is 2.35 bits per heavy atom. The van der Waals surface area contributed by atoms with Crippen molar-refractivity contribution >= 4 is 0 Å². The lowest BCUT2D eigenvalue weighted by atomic mass is 9.82. The molecule has 2 aromatic rings. The van der Waals surface area contributed by atoms with Crippen molar-refractivity contribution in [1.82, 2.24) is 20.4 Å². The molecule has 1 fully saturated rings. The van der Waals surface area contributed by atoms with E-state index in [1.165, 1.54) is 0 Å². The fourth-order valence-electron chi connectivity index (χ4n) is 2.97. The lowest BCUT2D eigenvalue weighted by molar-refractivity contribution is 0.277. The van der Waals surface area contributed by atoms with Gasteiger partial charge in [-0.3, -0.25) is 4.98 Å². The average Bonchev–Trinajstić information content (AvgIpc) is 3.09. The van der Waals surface area contributed by atoms with Crippen molar-refractivity contribution in [2.24, 2.45) is 0 Å². The lowest BCUT2D eigenvalue weighted by Gasteiger charge is -2.22. The third kappa shape index (κ3) is 2.22. The van der Waals surface area contributed by atoms with Crippen molar-refractivity contribution in [3.05, 3.63) is 29.9 Å². The van der Waals surface area contributed by atoms with Crippen molar-refractivity contribution in [3.63, 3.8) is 0 Å². The summed E-state index contributed by atoms with van der Waals surface area (Å²) in [5.41, 5.74) is 2.07. The van der Waals surface area contributed by atoms with E-state index in [1.807, 2.05) is 13.0 Å². The number of nitrogens with zero attached hydrogens (tertiary/aromatic N) is 3. The molecule has 1 saturated heterocycles. The van der Waals surface area contributed by atoms with Gasteiger partial charge in [-0.25, -0.2) is 0 Å². The van der Waals surface area contributed by atoms with Crippen LogP contribution in [0.4, 0.5) is 0 Å². The quantitative estimate of drug-likeness (QED) is 0.926. The van der Waals surface area contributed by atoms with Crippen LogP contribution in [0.2, 0.25) is 0 Å². The van der Waals surface area contributed by atoms with Gasteiger partial charge in [0.05, 0.1) is 5.41 Å². The van der Waals surface area contributed by atoms with Gasteiger partial charge in [0.2, 0.25) is 11.7 Å². The second-order valence-corrected chi connectivity index (χ2v) is 5.57. The fourth-order valence-corrected chi connectivity index (χ4v) is 2.97. The molecule has 1 unspecified atom stereocenters. The smallest absolute Gasteiger partial charge is 0.234 e. The monoisotopic (exact) mass is 272 g/mol. The number of pyridine rings is 1. The largest absolute Gasteiger partial charge is 0.338 e. The van der Waals surface area contributed by atoms with Crippen LogP contribution < -0.4 is 5.32 Å². The van der Waals surface area contributed by atoms with Gasteiger partial charge in [0, 0.05) is 24.5 Å². The highest BCUT2D eigenvalue weighted by molar-refractivity contribution is 5.57. The van der Waals surface area contributed by atoms with Crippen molar-refractivity contribution < 1.29 is 4.52 Å². The Bertz CT molecular complexity index is 587. The molecule has 1 aliphatic rings. The normalized spacial score (nSPS) is 22.3. The van der Waals surface area contributed by atoms with Crippen LogP contribution in [-0.4, -0.2) is 28.2 Å². The maximum absolute atomic E-state index is 5.59. The molecular formula is C15H20N4O. The highest BCUT2D eigenvalue weighted by atomic mass is 16.5. The second-order valence-electron chi connectivity index (χ2n) is 5.57. The van der Waals surface area contributed by atoms with E-state index in [1.54, 1.807) is 12.4 Å². The number of aryl methyl sites for hydroxylation is 1. The van der Waals surface area contributed by atoms with Crippen molar-refractivity contribution in [2.75, 3.05) is 13.1 Å². The first kappa shape index (κ1) is 13.2. The molecule has 0 amide bonds. The van der Waals surface area contributed by atoms with Crippen LogP contribution >= 0.6 is 0 Å². The Morgan fingerprint density at radius 1 is 1.45 bits per heavy atom. The highest BCUT2D eigenvalue weighted by Crippen LogP contribution is 2.35. The van der Waals surface area contributed by atoms with Gasteiger partial charge in [0.15, 0.2) is 0 Å². The summed E-state index contributed by atoms with van der Waals surface area (Å²) in [5.74, 6) is 1.41. The van der Waals surface area contributed by atoms with Gasteiger partial charge in [-0.2, -0.15) is 4.98 Å². The molecule has 106 valence electrons. The fraction of sp³-hybridized carbons (Fsp3) is 0.533. The first-order chi connectivity index (χ1) is 9.75. The minimum absolute atomic E-state index is 0.0100. The van der Waals surface area contributed by atoms with Gasteiger partial charge in [0.25, 0.3) is 0 Å². The van der Waals surface area contributed by atoms with Gasteiger partial charge >= 0.3 is 0 Å². The zero-order valence-electron chi connectivity index (χ0n) is 12.0. The van der Waals surface area contributed by atoms with E-state index in [0.29, 0.717) is 5.82 Å². The van der Waals surface area contributed by atoms with E-state index in [4.69, 9.17) is 4.52 Å². The average molecular weight is 272 g/mol. The standard InChI is InChI=1S/C15H20N4O/c1-3-5-15(6-8-17-10-15)14-18-13(19-20-14)12-9-16-7-4-11(12)2/h4,7,9,17H,3,5-6,8,10H2,1-2H3. The molecule has 0 aliphatic carbocycles. The first-order valence-corrected chi connectivity index (χ1v) is 7.21. The summed E-state index contributed by atoms with van der Waals surface area (Å²) < 4.78 is 5.59. The molecule has 5 heteroatoms. The molecule has 0 bridgehead atoms. The zero-order valence-corrected chi connectivity index (χ0v) is 12.0. The molecule has 3 heterocycles. The molecule has 0 aromatic carbocycles. The van der Waals surface area contributed by atoms with Crippen LogP contribution in [0.5, 0.6) is 0 Å². The zero-order chi connectivity index (χ0) is 14.0. The summed E-state index contributed by atoms with van der Waals surface area (Å²) in [6, 6.07) is 1.96. The first-order valence-electron chi connectivity index (χ1n) is 7.21. The van der Waals surface area contributed by atoms with Crippen LogP contribution in [0.1, 0.15) is 37.6 Å². The lowest BCUT2D eigenvalue weighted by Crippen LogP contribution is -2.29. The van der Waals surface area contributed by atoms with E-state index in [-0.39, 0.29) is 5.41 Å². The van der Waals surface area contributed by atoms with Crippen molar-refractivity contribution in [1.29, 1.82) is 0 Å². The van der Waals surface area contributed by atoms with Gasteiger partial charge < -0.3 is 9.84 Å². The molecule has 0 spiro atoms. The van der Waals surface area contributed by atoms with E-state index in [9.17, 15) is 0 Å². The van der Waals surface area contributed by atoms with E-state index < -0.39 is 0 Å². The van der Waals surface area contributed by atoms with Gasteiger partial charge in [-0.05, 0) is 37.9 Å². The highest BCUT2D eigenvalue weighted by Gasteiger charge is 2.40. The molecule has 0 saturated carbocycles. The minimum Gasteiger partial charge on any atom is -0.338 e. The summed E-state index contributed by atoms with van der Waals surface area (Å²) in [6.07, 6.45) is 6.83. The Kier molecular flexibility index (Phi) is 3.53. The van der Waals surface area contributed by atoms with Crippen LogP contribution in [-0.2, 0) is 5.41 Å². The topological polar surface area (TPSA) is 63.8 Å². The summed E-state index contributed by atoms with van der Waals surface area (Å²) in [4.78, 5) is 8.80. The van der Waals surface area contributed by atoms with E-state index >= 15 is 0 Å². The SMILES string of the molecule is CCCC1(c2nc(-c3cnccc3C)no2)CCNC1. The number of hydrogen-bond donors (Lipinski definition) is 1. The molecular weight excluding hydrogens is 252 g/mol. The number of hydrogen-bond acceptors (Lipinski definition) is 5. The number of nitrogens with one attached hydrogen (secondary N) is 1. The summed E-state index contributed by atoms with van der Waals surface area (Å²) >= 11 is 0. The predicted molar refractivity (Wildman–Crippen MR) is 76.3 cm³/mol. The third-order valence-electron chi connectivity index (χ3n) is 4.13. The van der Waals surface area contributed by atoms with Crippen LogP contribution in [0, 0.1) is 6.92 Å². The molecule has 1 N–H and O–H groups in total. The summed E-state index contributed by atoms with van der Waals surface area (Å²) in [7, 11) is 0. The van der Waals surface area contributed by atoms with Crippen LogP contribution in [0.3, 0.4) is 0 Å². The van der Waals surface area contributed by atoms with Gasteiger partial charge in [-0.1, -0.05) is 18.5 Å². The molecule has 2 aromatic heterocycles. The maximum atomic E-state index is 5.59. The maximum Gasteiger partial charge on any atom is 0.234 e. The molecule has 0 radical (unpaired) electrons. The molecule has 5 nitrogen and oxygen atoms in total. The van der Waals surface area contributed by atoms with Crippen molar-refractivity contribution in [3.8, 4) is 11.4 Å². The van der Waals surface area contributed by atoms with Crippen LogP contribution in [0.15, 0.2) is 23.0 Å². The van der Waals surface area contributed by atoms with Gasteiger partial charge in [0.1, 0.15) is 0 Å². The summed E-state index contributed by atoms with van der Waals surface area (Å²) in [5, 5.41) is 7.58. The Hall–Kier alpha value is -1.75. The Labute approximate surface area is 118 Å². The van der Waals surface area contributed by atoms with Crippen molar-refractivity contribution in [2.45, 2.75) is 38.5 Å². The molecule has 1 atom stereocenters. The molecule has 20 heavy (non-hydrogen) atoms. The van der Waals surface area contributed by atoms with E-state index in [2.05, 4.69) is 27.4 Å². The Balaban J connectivity index is 1.95.